The fraction of sp³-hybridized carbons (Fsp3) is 0.519. The van der Waals surface area contributed by atoms with E-state index in [4.69, 9.17) is 4.74 Å². The Morgan fingerprint density at radius 2 is 1.65 bits per heavy atom. The van der Waals surface area contributed by atoms with Crippen molar-refractivity contribution in [3.8, 4) is 11.1 Å². The molecular formula is C27H36N2O2. The molecule has 5 rings (SSSR count). The maximum Gasteiger partial charge on any atom is 0.407 e. The first kappa shape index (κ1) is 21.9. The molecule has 0 aliphatic carbocycles. The Balaban J connectivity index is 1.58. The molecule has 2 unspecified atom stereocenters. The van der Waals surface area contributed by atoms with Gasteiger partial charge >= 0.3 is 6.09 Å². The average Bonchev–Trinajstić information content (AvgIpc) is 2.96. The van der Waals surface area contributed by atoms with Crippen LogP contribution in [0.1, 0.15) is 46.1 Å². The van der Waals surface area contributed by atoms with Crippen LogP contribution in [0.2, 0.25) is 0 Å². The number of hydrogen-bond donors (Lipinski definition) is 1. The minimum absolute atomic E-state index is 0.0467. The van der Waals surface area contributed by atoms with E-state index in [-0.39, 0.29) is 17.0 Å². The summed E-state index contributed by atoms with van der Waals surface area (Å²) in [4.78, 5) is 15.0. The number of amides is 1. The number of nitrogens with one attached hydrogen (secondary N) is 1. The molecule has 2 aromatic rings. The van der Waals surface area contributed by atoms with Crippen LogP contribution < -0.4 is 5.32 Å². The second kappa shape index (κ2) is 8.66. The highest BCUT2D eigenvalue weighted by Crippen LogP contribution is 2.45. The Morgan fingerprint density at radius 1 is 1.03 bits per heavy atom. The van der Waals surface area contributed by atoms with Crippen molar-refractivity contribution in [1.29, 1.82) is 0 Å². The second-order valence-electron chi connectivity index (χ2n) is 10.6. The Bertz CT molecular complexity index is 880. The molecule has 0 saturated carbocycles. The van der Waals surface area contributed by atoms with Crippen molar-refractivity contribution in [2.45, 2.75) is 51.5 Å². The highest BCUT2D eigenvalue weighted by molar-refractivity contribution is 5.68. The molecule has 2 aromatic carbocycles. The van der Waals surface area contributed by atoms with Crippen molar-refractivity contribution in [3.63, 3.8) is 0 Å². The van der Waals surface area contributed by atoms with Gasteiger partial charge in [0.15, 0.2) is 0 Å². The summed E-state index contributed by atoms with van der Waals surface area (Å²) in [6.45, 7) is 12.1. The smallest absolute Gasteiger partial charge is 0.407 e. The SMILES string of the molecule is CC(C)(C)NC(=O)OCC1C2CCN(CC2)CC1(C)c1ccc(-c2ccccc2)cc1. The third-order valence-electron chi connectivity index (χ3n) is 7.09. The molecule has 3 heterocycles. The van der Waals surface area contributed by atoms with Gasteiger partial charge in [0.2, 0.25) is 0 Å². The van der Waals surface area contributed by atoms with Crippen molar-refractivity contribution in [3.05, 3.63) is 60.2 Å². The van der Waals surface area contributed by atoms with Crippen LogP contribution in [0.5, 0.6) is 0 Å². The molecule has 3 aliphatic heterocycles. The summed E-state index contributed by atoms with van der Waals surface area (Å²) in [5, 5.41) is 2.94. The summed E-state index contributed by atoms with van der Waals surface area (Å²) in [5.41, 5.74) is 3.48. The molecule has 1 N–H and O–H groups in total. The Hall–Kier alpha value is -2.33. The Labute approximate surface area is 187 Å². The largest absolute Gasteiger partial charge is 0.449 e. The van der Waals surface area contributed by atoms with E-state index in [9.17, 15) is 4.79 Å². The van der Waals surface area contributed by atoms with E-state index < -0.39 is 0 Å². The van der Waals surface area contributed by atoms with Crippen LogP contribution >= 0.6 is 0 Å². The van der Waals surface area contributed by atoms with Crippen molar-refractivity contribution < 1.29 is 9.53 Å². The zero-order valence-electron chi connectivity index (χ0n) is 19.4. The molecular weight excluding hydrogens is 384 g/mol. The number of rotatable bonds is 4. The average molecular weight is 421 g/mol. The molecule has 3 aliphatic rings. The van der Waals surface area contributed by atoms with Gasteiger partial charge in [-0.25, -0.2) is 4.79 Å². The summed E-state index contributed by atoms with van der Waals surface area (Å²) in [6.07, 6.45) is 2.06. The van der Waals surface area contributed by atoms with E-state index in [0.717, 1.165) is 19.6 Å². The van der Waals surface area contributed by atoms with Gasteiger partial charge in [-0.2, -0.15) is 0 Å². The second-order valence-corrected chi connectivity index (χ2v) is 10.6. The monoisotopic (exact) mass is 420 g/mol. The fourth-order valence-electron chi connectivity index (χ4n) is 5.42. The van der Waals surface area contributed by atoms with Gasteiger partial charge in [-0.1, -0.05) is 61.5 Å². The van der Waals surface area contributed by atoms with Gasteiger partial charge in [0.25, 0.3) is 0 Å². The standard InChI is InChI=1S/C27H36N2O2/c1-26(2,3)28-25(30)31-18-24-22-14-16-29(17-15-22)19-27(24,4)23-12-10-21(11-13-23)20-8-6-5-7-9-20/h5-13,22,24H,14-19H2,1-4H3,(H,28,30). The van der Waals surface area contributed by atoms with Gasteiger partial charge in [0.05, 0.1) is 6.61 Å². The maximum atomic E-state index is 12.4. The summed E-state index contributed by atoms with van der Waals surface area (Å²) < 4.78 is 5.81. The molecule has 2 bridgehead atoms. The predicted octanol–water partition coefficient (Wildman–Crippen LogP) is 5.48. The van der Waals surface area contributed by atoms with Crippen LogP contribution in [-0.4, -0.2) is 42.8 Å². The number of nitrogens with zero attached hydrogens (tertiary/aromatic N) is 1. The fourth-order valence-corrected chi connectivity index (χ4v) is 5.42. The lowest BCUT2D eigenvalue weighted by Crippen LogP contribution is -2.45. The maximum absolute atomic E-state index is 12.4. The third-order valence-corrected chi connectivity index (χ3v) is 7.09. The third kappa shape index (κ3) is 4.95. The number of ether oxygens (including phenoxy) is 1. The molecule has 4 heteroatoms. The highest BCUT2D eigenvalue weighted by atomic mass is 16.5. The van der Waals surface area contributed by atoms with Crippen molar-refractivity contribution in [2.24, 2.45) is 11.8 Å². The Kier molecular flexibility index (Phi) is 6.11. The lowest BCUT2D eigenvalue weighted by atomic mass is 9.66. The number of fused-ring (bicyclic) bond motifs is 4. The molecule has 1 amide bonds. The van der Waals surface area contributed by atoms with Gasteiger partial charge in [0.1, 0.15) is 0 Å². The Morgan fingerprint density at radius 3 is 2.26 bits per heavy atom. The molecule has 4 nitrogen and oxygen atoms in total. The van der Waals surface area contributed by atoms with Gasteiger partial charge < -0.3 is 15.0 Å². The van der Waals surface area contributed by atoms with Crippen LogP contribution in [0.4, 0.5) is 4.79 Å². The number of alkyl carbamates (subject to hydrolysis) is 1. The molecule has 3 saturated heterocycles. The van der Waals surface area contributed by atoms with Crippen LogP contribution in [-0.2, 0) is 10.2 Å². The first-order chi connectivity index (χ1) is 14.7. The van der Waals surface area contributed by atoms with Crippen molar-refractivity contribution >= 4 is 6.09 Å². The summed E-state index contributed by atoms with van der Waals surface area (Å²) >= 11 is 0. The number of hydrogen-bond acceptors (Lipinski definition) is 3. The quantitative estimate of drug-likeness (QED) is 0.712. The van der Waals surface area contributed by atoms with E-state index in [0.29, 0.717) is 18.4 Å². The van der Waals surface area contributed by atoms with E-state index in [1.807, 2.05) is 20.8 Å². The lowest BCUT2D eigenvalue weighted by molar-refractivity contribution is 0.0755. The minimum Gasteiger partial charge on any atom is -0.449 e. The topological polar surface area (TPSA) is 41.6 Å². The van der Waals surface area contributed by atoms with E-state index >= 15 is 0 Å². The molecule has 3 fully saturated rings. The van der Waals surface area contributed by atoms with Gasteiger partial charge in [0, 0.05) is 23.4 Å². The molecule has 0 radical (unpaired) electrons. The normalized spacial score (nSPS) is 28.1. The molecule has 2 atom stereocenters. The van der Waals surface area contributed by atoms with Crippen molar-refractivity contribution in [1.82, 2.24) is 10.2 Å². The van der Waals surface area contributed by atoms with Gasteiger partial charge in [-0.15, -0.1) is 0 Å². The summed E-state index contributed by atoms with van der Waals surface area (Å²) in [7, 11) is 0. The summed E-state index contributed by atoms with van der Waals surface area (Å²) in [5.74, 6) is 0.897. The minimum atomic E-state index is -0.312. The van der Waals surface area contributed by atoms with Crippen LogP contribution in [0.25, 0.3) is 11.1 Å². The first-order valence-corrected chi connectivity index (χ1v) is 11.6. The number of piperidine rings is 1. The lowest BCUT2D eigenvalue weighted by Gasteiger charge is -2.39. The summed E-state index contributed by atoms with van der Waals surface area (Å²) in [6, 6.07) is 19.6. The number of carbonyl (C=O) groups excluding carboxylic acids is 1. The molecule has 0 aromatic heterocycles. The molecule has 166 valence electrons. The zero-order chi connectivity index (χ0) is 22.1. The van der Waals surface area contributed by atoms with Crippen LogP contribution in [0.15, 0.2) is 54.6 Å². The van der Waals surface area contributed by atoms with E-state index in [2.05, 4.69) is 71.7 Å². The number of benzene rings is 2. The predicted molar refractivity (Wildman–Crippen MR) is 126 cm³/mol. The molecule has 0 spiro atoms. The van der Waals surface area contributed by atoms with Crippen molar-refractivity contribution in [2.75, 3.05) is 26.2 Å². The molecule has 31 heavy (non-hydrogen) atoms. The van der Waals surface area contributed by atoms with E-state index in [1.165, 1.54) is 29.5 Å². The highest BCUT2D eigenvalue weighted by Gasteiger charge is 2.47. The zero-order valence-corrected chi connectivity index (χ0v) is 19.4. The van der Waals surface area contributed by atoms with Gasteiger partial charge in [-0.3, -0.25) is 0 Å². The van der Waals surface area contributed by atoms with E-state index in [1.54, 1.807) is 0 Å². The van der Waals surface area contributed by atoms with Gasteiger partial charge in [-0.05, 0) is 69.3 Å². The van der Waals surface area contributed by atoms with Crippen LogP contribution in [0.3, 0.4) is 0 Å². The first-order valence-electron chi connectivity index (χ1n) is 11.6. The number of carbonyl (C=O) groups is 1. The van der Waals surface area contributed by atoms with Crippen LogP contribution in [0, 0.1) is 11.8 Å².